The molecule has 0 unspecified atom stereocenters. The Kier molecular flexibility index (Phi) is 5.92. The maximum absolute atomic E-state index is 5.44. The Balaban J connectivity index is 1.33. The van der Waals surface area contributed by atoms with Gasteiger partial charge in [-0.1, -0.05) is 23.4 Å². The molecule has 8 heteroatoms. The van der Waals surface area contributed by atoms with Crippen LogP contribution in [-0.2, 0) is 0 Å². The minimum Gasteiger partial charge on any atom is -0.361 e. The lowest BCUT2D eigenvalue weighted by Crippen LogP contribution is -2.35. The van der Waals surface area contributed by atoms with Crippen molar-refractivity contribution in [2.24, 2.45) is 5.92 Å². The zero-order valence-corrected chi connectivity index (χ0v) is 22.7. The van der Waals surface area contributed by atoms with Crippen molar-refractivity contribution in [3.8, 4) is 28.2 Å². The van der Waals surface area contributed by atoms with Crippen molar-refractivity contribution in [2.75, 3.05) is 25.0 Å². The van der Waals surface area contributed by atoms with Crippen molar-refractivity contribution in [2.45, 2.75) is 46.1 Å². The molecule has 0 aliphatic carbocycles. The Hall–Kier alpha value is -4.04. The molecule has 7 heterocycles. The molecule has 0 amide bonds. The standard InChI is InChI=1S/C31H33N7O/c1-19-16-32-31(33-23-15-22-11-13-37(17-23)14-12-22)35-29(19)26-18-38(24-7-5-4-6-8-24)30-25(26)9-10-27(34-30)28-20(2)36-39-21(28)3/h4-10,16,18,22-23H,11-15,17H2,1-3H3,(H,32,33,35)/t23-/m1/s1. The fraction of sp³-hybridized carbons (Fsp3) is 0.355. The molecule has 0 radical (unpaired) electrons. The average Bonchev–Trinajstić information content (AvgIpc) is 3.34. The smallest absolute Gasteiger partial charge is 0.223 e. The van der Waals surface area contributed by atoms with Gasteiger partial charge in [0.15, 0.2) is 0 Å². The van der Waals surface area contributed by atoms with E-state index in [4.69, 9.17) is 19.5 Å². The summed E-state index contributed by atoms with van der Waals surface area (Å²) in [7, 11) is 0. The van der Waals surface area contributed by atoms with Gasteiger partial charge >= 0.3 is 0 Å². The largest absolute Gasteiger partial charge is 0.361 e. The average molecular weight is 520 g/mol. The molecule has 3 aliphatic heterocycles. The first-order valence-electron chi connectivity index (χ1n) is 13.9. The van der Waals surface area contributed by atoms with Gasteiger partial charge in [0, 0.05) is 41.6 Å². The highest BCUT2D eigenvalue weighted by Gasteiger charge is 2.29. The van der Waals surface area contributed by atoms with Gasteiger partial charge in [-0.2, -0.15) is 0 Å². The lowest BCUT2D eigenvalue weighted by Gasteiger charge is -2.26. The molecule has 0 spiro atoms. The molecule has 0 saturated carbocycles. The van der Waals surface area contributed by atoms with Gasteiger partial charge in [0.05, 0.1) is 22.6 Å². The molecular formula is C31H33N7O. The predicted octanol–water partition coefficient (Wildman–Crippen LogP) is 5.96. The summed E-state index contributed by atoms with van der Waals surface area (Å²) in [4.78, 5) is 17.5. The Labute approximate surface area is 228 Å². The second kappa shape index (κ2) is 9.61. The van der Waals surface area contributed by atoms with Crippen molar-refractivity contribution in [3.05, 3.63) is 71.9 Å². The number of piperidine rings is 1. The number of benzene rings is 1. The zero-order chi connectivity index (χ0) is 26.5. The summed E-state index contributed by atoms with van der Waals surface area (Å²) in [6.07, 6.45) is 7.89. The number of para-hydroxylation sites is 1. The lowest BCUT2D eigenvalue weighted by molar-refractivity contribution is 0.223. The van der Waals surface area contributed by atoms with Crippen LogP contribution in [0.25, 0.3) is 39.2 Å². The van der Waals surface area contributed by atoms with Crippen LogP contribution < -0.4 is 5.32 Å². The number of rotatable bonds is 5. The lowest BCUT2D eigenvalue weighted by atomic mass is 9.94. The number of nitrogens with one attached hydrogen (secondary N) is 1. The molecule has 1 aromatic carbocycles. The minimum atomic E-state index is 0.375. The molecule has 3 fully saturated rings. The van der Waals surface area contributed by atoms with E-state index in [2.05, 4.69) is 57.3 Å². The van der Waals surface area contributed by atoms with Gasteiger partial charge in [0.25, 0.3) is 0 Å². The van der Waals surface area contributed by atoms with E-state index < -0.39 is 0 Å². The van der Waals surface area contributed by atoms with Crippen LogP contribution in [0.1, 0.15) is 36.3 Å². The highest BCUT2D eigenvalue weighted by molar-refractivity contribution is 5.96. The zero-order valence-electron chi connectivity index (χ0n) is 22.7. The van der Waals surface area contributed by atoms with E-state index in [1.807, 2.05) is 38.2 Å². The summed E-state index contributed by atoms with van der Waals surface area (Å²) >= 11 is 0. The highest BCUT2D eigenvalue weighted by atomic mass is 16.5. The SMILES string of the molecule is Cc1cnc(N[C@@H]2CC3CCN(CC3)C2)nc1-c1cn(-c2ccccc2)c2nc(-c3c(C)noc3C)ccc12. The minimum absolute atomic E-state index is 0.375. The predicted molar refractivity (Wildman–Crippen MR) is 153 cm³/mol. The van der Waals surface area contributed by atoms with E-state index in [1.54, 1.807) is 0 Å². The third-order valence-corrected chi connectivity index (χ3v) is 8.34. The fourth-order valence-corrected chi connectivity index (χ4v) is 6.33. The normalized spacial score (nSPS) is 20.8. The monoisotopic (exact) mass is 519 g/mol. The molecule has 1 N–H and O–H groups in total. The van der Waals surface area contributed by atoms with E-state index in [9.17, 15) is 0 Å². The number of aryl methyl sites for hydroxylation is 3. The molecule has 8 nitrogen and oxygen atoms in total. The molecular weight excluding hydrogens is 486 g/mol. The van der Waals surface area contributed by atoms with Gasteiger partial charge in [-0.3, -0.25) is 0 Å². The van der Waals surface area contributed by atoms with Crippen LogP contribution in [0.15, 0.2) is 59.4 Å². The van der Waals surface area contributed by atoms with Gasteiger partial charge in [-0.25, -0.2) is 15.0 Å². The van der Waals surface area contributed by atoms with Crippen LogP contribution >= 0.6 is 0 Å². The summed E-state index contributed by atoms with van der Waals surface area (Å²) in [5.41, 5.74) is 7.54. The highest BCUT2D eigenvalue weighted by Crippen LogP contribution is 2.36. The second-order valence-electron chi connectivity index (χ2n) is 11.1. The first kappa shape index (κ1) is 24.0. The maximum atomic E-state index is 5.44. The summed E-state index contributed by atoms with van der Waals surface area (Å²) in [6.45, 7) is 9.45. The van der Waals surface area contributed by atoms with Gasteiger partial charge < -0.3 is 19.3 Å². The topological polar surface area (TPSA) is 84.9 Å². The van der Waals surface area contributed by atoms with Crippen LogP contribution in [0, 0.1) is 26.7 Å². The van der Waals surface area contributed by atoms with Crippen LogP contribution in [0.2, 0.25) is 0 Å². The number of aromatic nitrogens is 5. The van der Waals surface area contributed by atoms with Crippen LogP contribution in [0.3, 0.4) is 0 Å². The van der Waals surface area contributed by atoms with E-state index >= 15 is 0 Å². The summed E-state index contributed by atoms with van der Waals surface area (Å²) in [5, 5.41) is 8.87. The number of hydrogen-bond donors (Lipinski definition) is 1. The third-order valence-electron chi connectivity index (χ3n) is 8.34. The van der Waals surface area contributed by atoms with Crippen molar-refractivity contribution < 1.29 is 4.52 Å². The van der Waals surface area contributed by atoms with Crippen LogP contribution in [-0.4, -0.2) is 55.3 Å². The van der Waals surface area contributed by atoms with Gasteiger partial charge in [0.2, 0.25) is 5.95 Å². The van der Waals surface area contributed by atoms with Gasteiger partial charge in [-0.05, 0) is 88.9 Å². The summed E-state index contributed by atoms with van der Waals surface area (Å²) < 4.78 is 7.59. The fourth-order valence-electron chi connectivity index (χ4n) is 6.33. The van der Waals surface area contributed by atoms with Crippen LogP contribution in [0.4, 0.5) is 5.95 Å². The molecule has 4 aromatic heterocycles. The summed E-state index contributed by atoms with van der Waals surface area (Å²) in [6, 6.07) is 14.9. The first-order chi connectivity index (χ1) is 19.0. The van der Waals surface area contributed by atoms with Crippen LogP contribution in [0.5, 0.6) is 0 Å². The van der Waals surface area contributed by atoms with Gasteiger partial charge in [0.1, 0.15) is 11.4 Å². The molecule has 2 bridgehead atoms. The molecule has 1 atom stereocenters. The van der Waals surface area contributed by atoms with E-state index in [0.717, 1.165) is 68.7 Å². The van der Waals surface area contributed by atoms with Crippen molar-refractivity contribution in [1.82, 2.24) is 29.6 Å². The van der Waals surface area contributed by atoms with Crippen molar-refractivity contribution in [3.63, 3.8) is 0 Å². The molecule has 198 valence electrons. The third kappa shape index (κ3) is 4.38. The summed E-state index contributed by atoms with van der Waals surface area (Å²) in [5.74, 6) is 2.26. The van der Waals surface area contributed by atoms with E-state index in [0.29, 0.717) is 12.0 Å². The van der Waals surface area contributed by atoms with Gasteiger partial charge in [-0.15, -0.1) is 0 Å². The number of nitrogens with zero attached hydrogens (tertiary/aromatic N) is 6. The maximum Gasteiger partial charge on any atom is 0.223 e. The Morgan fingerprint density at radius 3 is 2.56 bits per heavy atom. The van der Waals surface area contributed by atoms with E-state index in [1.165, 1.54) is 32.4 Å². The Morgan fingerprint density at radius 2 is 1.79 bits per heavy atom. The number of pyridine rings is 1. The van der Waals surface area contributed by atoms with Crippen molar-refractivity contribution in [1.29, 1.82) is 0 Å². The molecule has 3 saturated heterocycles. The number of hydrogen-bond acceptors (Lipinski definition) is 7. The second-order valence-corrected chi connectivity index (χ2v) is 11.1. The number of fused-ring (bicyclic) bond motifs is 5. The van der Waals surface area contributed by atoms with Crippen molar-refractivity contribution >= 4 is 17.0 Å². The van der Waals surface area contributed by atoms with E-state index in [-0.39, 0.29) is 0 Å². The molecule has 39 heavy (non-hydrogen) atoms. The Bertz CT molecular complexity index is 1610. The quantitative estimate of drug-likeness (QED) is 0.307. The Morgan fingerprint density at radius 1 is 0.974 bits per heavy atom. The molecule has 8 rings (SSSR count). The molecule has 5 aromatic rings. The molecule has 3 aliphatic rings. The number of anilines is 1. The first-order valence-corrected chi connectivity index (χ1v) is 13.9.